The Kier molecular flexibility index (Phi) is 4.64. The number of hydrogen-bond acceptors (Lipinski definition) is 5. The van der Waals surface area contributed by atoms with Crippen molar-refractivity contribution in [1.82, 2.24) is 14.9 Å². The minimum absolute atomic E-state index is 0.247. The quantitative estimate of drug-likeness (QED) is 0.791. The third kappa shape index (κ3) is 3.80. The fraction of sp³-hybridized carbons (Fsp3) is 0.500. The van der Waals surface area contributed by atoms with E-state index in [2.05, 4.69) is 10.0 Å². The van der Waals surface area contributed by atoms with Gasteiger partial charge < -0.3 is 10.2 Å². The lowest BCUT2D eigenvalue weighted by Gasteiger charge is -2.36. The van der Waals surface area contributed by atoms with Crippen molar-refractivity contribution in [3.8, 4) is 0 Å². The van der Waals surface area contributed by atoms with Gasteiger partial charge in [0.1, 0.15) is 6.04 Å². The first kappa shape index (κ1) is 15.9. The highest BCUT2D eigenvalue weighted by Gasteiger charge is 2.37. The third-order valence-corrected chi connectivity index (χ3v) is 4.78. The van der Waals surface area contributed by atoms with E-state index >= 15 is 0 Å². The molecule has 0 aliphatic carbocycles. The molecule has 2 rings (SSSR count). The van der Waals surface area contributed by atoms with Crippen molar-refractivity contribution in [2.75, 3.05) is 19.3 Å². The van der Waals surface area contributed by atoms with Gasteiger partial charge in [0.05, 0.1) is 12.3 Å². The molecule has 2 amide bonds. The van der Waals surface area contributed by atoms with Gasteiger partial charge in [0.25, 0.3) is 0 Å². The van der Waals surface area contributed by atoms with Crippen LogP contribution in [0.3, 0.4) is 0 Å². The largest absolute Gasteiger partial charge is 0.352 e. The Hall–Kier alpha value is -1.45. The van der Waals surface area contributed by atoms with Crippen LogP contribution in [0.5, 0.6) is 0 Å². The maximum absolute atomic E-state index is 12.5. The van der Waals surface area contributed by atoms with Gasteiger partial charge >= 0.3 is 0 Å². The number of thiophene rings is 1. The summed E-state index contributed by atoms with van der Waals surface area (Å²) in [7, 11) is -3.49. The van der Waals surface area contributed by atoms with Crippen molar-refractivity contribution in [2.24, 2.45) is 0 Å². The molecule has 7 nitrogen and oxygen atoms in total. The Morgan fingerprint density at radius 1 is 1.57 bits per heavy atom. The standard InChI is InChI=1S/C12H17N3O4S2/c1-8(14-21(2,18)19)12(17)15-6-5-13-11(16)10(15)9-4-3-7-20-9/h3-4,7-8,10,14H,5-6H2,1-2H3,(H,13,16). The molecule has 0 bridgehead atoms. The van der Waals surface area contributed by atoms with E-state index in [4.69, 9.17) is 0 Å². The van der Waals surface area contributed by atoms with E-state index in [1.807, 2.05) is 11.4 Å². The molecule has 0 spiro atoms. The Labute approximate surface area is 127 Å². The zero-order chi connectivity index (χ0) is 15.6. The number of hydrogen-bond donors (Lipinski definition) is 2. The van der Waals surface area contributed by atoms with Gasteiger partial charge in [0.2, 0.25) is 21.8 Å². The van der Waals surface area contributed by atoms with Crippen LogP contribution in [0.15, 0.2) is 17.5 Å². The Bertz CT molecular complexity index is 627. The van der Waals surface area contributed by atoms with Crippen LogP contribution >= 0.6 is 11.3 Å². The lowest BCUT2D eigenvalue weighted by atomic mass is 10.1. The van der Waals surface area contributed by atoms with E-state index in [0.29, 0.717) is 13.1 Å². The minimum Gasteiger partial charge on any atom is -0.352 e. The van der Waals surface area contributed by atoms with Crippen molar-refractivity contribution in [1.29, 1.82) is 0 Å². The number of sulfonamides is 1. The second-order valence-electron chi connectivity index (χ2n) is 4.85. The molecule has 116 valence electrons. The summed E-state index contributed by atoms with van der Waals surface area (Å²) in [6, 6.07) is 1.99. The van der Waals surface area contributed by atoms with Crippen LogP contribution in [-0.2, 0) is 19.6 Å². The molecule has 0 aromatic carbocycles. The topological polar surface area (TPSA) is 95.6 Å². The normalized spacial score (nSPS) is 21.0. The monoisotopic (exact) mass is 331 g/mol. The summed E-state index contributed by atoms with van der Waals surface area (Å²) in [5.41, 5.74) is 0. The Balaban J connectivity index is 2.23. The maximum Gasteiger partial charge on any atom is 0.248 e. The summed E-state index contributed by atoms with van der Waals surface area (Å²) in [6.45, 7) is 2.18. The number of nitrogens with zero attached hydrogens (tertiary/aromatic N) is 1. The molecule has 2 N–H and O–H groups in total. The van der Waals surface area contributed by atoms with Crippen LogP contribution < -0.4 is 10.0 Å². The van der Waals surface area contributed by atoms with Gasteiger partial charge in [-0.15, -0.1) is 11.3 Å². The zero-order valence-electron chi connectivity index (χ0n) is 11.7. The number of piperazine rings is 1. The van der Waals surface area contributed by atoms with E-state index in [0.717, 1.165) is 11.1 Å². The molecule has 0 radical (unpaired) electrons. The fourth-order valence-corrected chi connectivity index (χ4v) is 3.83. The van der Waals surface area contributed by atoms with Crippen LogP contribution in [0.1, 0.15) is 17.8 Å². The molecular formula is C12H17N3O4S2. The van der Waals surface area contributed by atoms with Crippen molar-refractivity contribution in [2.45, 2.75) is 19.0 Å². The van der Waals surface area contributed by atoms with Crippen molar-refractivity contribution in [3.05, 3.63) is 22.4 Å². The molecule has 2 atom stereocenters. The number of rotatable bonds is 4. The van der Waals surface area contributed by atoms with Gasteiger partial charge in [-0.2, -0.15) is 0 Å². The number of carbonyl (C=O) groups excluding carboxylic acids is 2. The van der Waals surface area contributed by atoms with Gasteiger partial charge in [-0.1, -0.05) is 6.07 Å². The molecular weight excluding hydrogens is 314 g/mol. The number of amides is 2. The van der Waals surface area contributed by atoms with Gasteiger partial charge in [-0.25, -0.2) is 13.1 Å². The minimum atomic E-state index is -3.49. The lowest BCUT2D eigenvalue weighted by Crippen LogP contribution is -2.56. The lowest BCUT2D eigenvalue weighted by molar-refractivity contribution is -0.144. The molecule has 2 unspecified atom stereocenters. The second kappa shape index (κ2) is 6.12. The van der Waals surface area contributed by atoms with E-state index in [1.165, 1.54) is 23.2 Å². The predicted octanol–water partition coefficient (Wildman–Crippen LogP) is -0.315. The molecule has 1 fully saturated rings. The second-order valence-corrected chi connectivity index (χ2v) is 7.61. The molecule has 1 saturated heterocycles. The van der Waals surface area contributed by atoms with Crippen molar-refractivity contribution < 1.29 is 18.0 Å². The first-order valence-electron chi connectivity index (χ1n) is 6.38. The van der Waals surface area contributed by atoms with Crippen LogP contribution in [0.2, 0.25) is 0 Å². The molecule has 1 aromatic rings. The smallest absolute Gasteiger partial charge is 0.248 e. The average Bonchev–Trinajstić information content (AvgIpc) is 2.89. The predicted molar refractivity (Wildman–Crippen MR) is 79.2 cm³/mol. The summed E-state index contributed by atoms with van der Waals surface area (Å²) < 4.78 is 24.7. The zero-order valence-corrected chi connectivity index (χ0v) is 13.3. The molecule has 1 aliphatic heterocycles. The van der Waals surface area contributed by atoms with Crippen LogP contribution in [-0.4, -0.2) is 50.5 Å². The van der Waals surface area contributed by atoms with E-state index in [9.17, 15) is 18.0 Å². The molecule has 9 heteroatoms. The van der Waals surface area contributed by atoms with Crippen LogP contribution in [0.25, 0.3) is 0 Å². The van der Waals surface area contributed by atoms with E-state index in [-0.39, 0.29) is 5.91 Å². The van der Waals surface area contributed by atoms with E-state index < -0.39 is 28.0 Å². The summed E-state index contributed by atoms with van der Waals surface area (Å²) in [5.74, 6) is -0.655. The highest BCUT2D eigenvalue weighted by atomic mass is 32.2. The van der Waals surface area contributed by atoms with Crippen LogP contribution in [0, 0.1) is 0 Å². The number of carbonyl (C=O) groups is 2. The Morgan fingerprint density at radius 3 is 2.86 bits per heavy atom. The third-order valence-electron chi connectivity index (χ3n) is 3.07. The summed E-state index contributed by atoms with van der Waals surface area (Å²) in [5, 5.41) is 4.56. The first-order chi connectivity index (χ1) is 9.79. The van der Waals surface area contributed by atoms with Gasteiger partial charge in [0.15, 0.2) is 0 Å². The molecule has 2 heterocycles. The average molecular weight is 331 g/mol. The number of nitrogens with one attached hydrogen (secondary N) is 2. The molecule has 1 aromatic heterocycles. The highest BCUT2D eigenvalue weighted by molar-refractivity contribution is 7.88. The first-order valence-corrected chi connectivity index (χ1v) is 9.15. The van der Waals surface area contributed by atoms with Gasteiger partial charge in [-0.05, 0) is 18.4 Å². The Morgan fingerprint density at radius 2 is 2.29 bits per heavy atom. The summed E-state index contributed by atoms with van der Waals surface area (Å²) >= 11 is 1.39. The summed E-state index contributed by atoms with van der Waals surface area (Å²) in [4.78, 5) is 26.7. The fourth-order valence-electron chi connectivity index (χ4n) is 2.25. The van der Waals surface area contributed by atoms with Gasteiger partial charge in [0, 0.05) is 18.0 Å². The van der Waals surface area contributed by atoms with E-state index in [1.54, 1.807) is 6.07 Å². The molecule has 1 aliphatic rings. The van der Waals surface area contributed by atoms with Crippen molar-refractivity contribution in [3.63, 3.8) is 0 Å². The summed E-state index contributed by atoms with van der Waals surface area (Å²) in [6.07, 6.45) is 0.996. The molecule has 0 saturated carbocycles. The SMILES string of the molecule is CC(NS(C)(=O)=O)C(=O)N1CCNC(=O)C1c1cccs1. The van der Waals surface area contributed by atoms with Crippen molar-refractivity contribution >= 4 is 33.2 Å². The van der Waals surface area contributed by atoms with Crippen LogP contribution in [0.4, 0.5) is 0 Å². The molecule has 21 heavy (non-hydrogen) atoms. The highest BCUT2D eigenvalue weighted by Crippen LogP contribution is 2.27. The maximum atomic E-state index is 12.5. The van der Waals surface area contributed by atoms with Gasteiger partial charge in [-0.3, -0.25) is 9.59 Å².